The number of hydrogen-bond donors (Lipinski definition) is 2. The van der Waals surface area contributed by atoms with E-state index in [2.05, 4.69) is 9.82 Å². The SMILES string of the molecule is NNC1=NS(=O)(=O)c2cc(Cl)ccc21. The highest BCUT2D eigenvalue weighted by Crippen LogP contribution is 2.27. The third-order valence-electron chi connectivity index (χ3n) is 1.82. The number of hydrogen-bond acceptors (Lipinski definition) is 4. The summed E-state index contributed by atoms with van der Waals surface area (Å²) in [5, 5.41) is 0.348. The molecule has 0 saturated heterocycles. The number of amidine groups is 1. The summed E-state index contributed by atoms with van der Waals surface area (Å²) in [6.45, 7) is 0. The van der Waals surface area contributed by atoms with Crippen LogP contribution in [0.3, 0.4) is 0 Å². The molecular formula is C7H6ClN3O2S. The highest BCUT2D eigenvalue weighted by molar-refractivity contribution is 7.90. The molecule has 1 aliphatic heterocycles. The van der Waals surface area contributed by atoms with Crippen LogP contribution in [0.25, 0.3) is 0 Å². The summed E-state index contributed by atoms with van der Waals surface area (Å²) >= 11 is 5.67. The van der Waals surface area contributed by atoms with Gasteiger partial charge in [-0.05, 0) is 18.2 Å². The first-order valence-corrected chi connectivity index (χ1v) is 5.48. The van der Waals surface area contributed by atoms with E-state index >= 15 is 0 Å². The van der Waals surface area contributed by atoms with Gasteiger partial charge in [-0.15, -0.1) is 4.40 Å². The van der Waals surface area contributed by atoms with Crippen LogP contribution < -0.4 is 11.3 Å². The third-order valence-corrected chi connectivity index (χ3v) is 3.38. The lowest BCUT2D eigenvalue weighted by molar-refractivity contribution is 0.599. The number of nitrogens with one attached hydrogen (secondary N) is 1. The lowest BCUT2D eigenvalue weighted by Crippen LogP contribution is -2.29. The van der Waals surface area contributed by atoms with Crippen molar-refractivity contribution in [2.45, 2.75) is 4.90 Å². The van der Waals surface area contributed by atoms with Gasteiger partial charge in [0, 0.05) is 10.6 Å². The molecule has 1 aliphatic rings. The first kappa shape index (κ1) is 9.45. The van der Waals surface area contributed by atoms with Gasteiger partial charge in [-0.1, -0.05) is 11.6 Å². The molecule has 7 heteroatoms. The molecule has 1 aromatic carbocycles. The fraction of sp³-hybridized carbons (Fsp3) is 0. The van der Waals surface area contributed by atoms with Crippen LogP contribution in [-0.2, 0) is 10.0 Å². The summed E-state index contributed by atoms with van der Waals surface area (Å²) in [7, 11) is -3.63. The molecule has 5 nitrogen and oxygen atoms in total. The average molecular weight is 232 g/mol. The summed E-state index contributed by atoms with van der Waals surface area (Å²) in [6.07, 6.45) is 0. The minimum absolute atomic E-state index is 0.0814. The van der Waals surface area contributed by atoms with Gasteiger partial charge in [0.1, 0.15) is 4.90 Å². The molecule has 1 heterocycles. The molecule has 1 aromatic rings. The second-order valence-electron chi connectivity index (χ2n) is 2.70. The number of rotatable bonds is 0. The molecule has 14 heavy (non-hydrogen) atoms. The van der Waals surface area contributed by atoms with Gasteiger partial charge < -0.3 is 5.43 Å². The van der Waals surface area contributed by atoms with Gasteiger partial charge in [-0.25, -0.2) is 5.84 Å². The van der Waals surface area contributed by atoms with Crippen LogP contribution in [0.15, 0.2) is 27.5 Å². The summed E-state index contributed by atoms with van der Waals surface area (Å²) in [5.74, 6) is 5.27. The Bertz CT molecular complexity index is 524. The molecule has 0 amide bonds. The number of hydrazine groups is 1. The zero-order valence-electron chi connectivity index (χ0n) is 6.86. The number of nitrogens with two attached hydrogens (primary N) is 1. The molecule has 0 fully saturated rings. The molecule has 2 rings (SSSR count). The number of halogens is 1. The van der Waals surface area contributed by atoms with E-state index in [9.17, 15) is 8.42 Å². The van der Waals surface area contributed by atoms with Gasteiger partial charge in [0.25, 0.3) is 10.0 Å². The van der Waals surface area contributed by atoms with Crippen molar-refractivity contribution in [1.29, 1.82) is 0 Å². The molecule has 3 N–H and O–H groups in total. The lowest BCUT2D eigenvalue weighted by Gasteiger charge is -1.99. The predicted molar refractivity (Wildman–Crippen MR) is 52.5 cm³/mol. The minimum Gasteiger partial charge on any atom is -0.307 e. The van der Waals surface area contributed by atoms with E-state index in [-0.39, 0.29) is 10.7 Å². The van der Waals surface area contributed by atoms with Crippen molar-refractivity contribution in [1.82, 2.24) is 5.43 Å². The van der Waals surface area contributed by atoms with Crippen LogP contribution in [0, 0.1) is 0 Å². The van der Waals surface area contributed by atoms with E-state index in [1.165, 1.54) is 6.07 Å². The van der Waals surface area contributed by atoms with Crippen LogP contribution in [0.2, 0.25) is 5.02 Å². The topological polar surface area (TPSA) is 84.5 Å². The summed E-state index contributed by atoms with van der Waals surface area (Å²) < 4.78 is 26.3. The number of benzene rings is 1. The van der Waals surface area contributed by atoms with Gasteiger partial charge in [0.15, 0.2) is 5.84 Å². The maximum Gasteiger partial charge on any atom is 0.285 e. The van der Waals surface area contributed by atoms with Crippen LogP contribution in [-0.4, -0.2) is 14.3 Å². The molecule has 0 spiro atoms. The molecule has 0 bridgehead atoms. The van der Waals surface area contributed by atoms with Crippen molar-refractivity contribution in [3.05, 3.63) is 28.8 Å². The Kier molecular flexibility index (Phi) is 1.99. The molecule has 0 saturated carbocycles. The van der Waals surface area contributed by atoms with E-state index in [0.717, 1.165) is 0 Å². The Hall–Kier alpha value is -1.11. The van der Waals surface area contributed by atoms with Crippen molar-refractivity contribution < 1.29 is 8.42 Å². The Morgan fingerprint density at radius 3 is 2.79 bits per heavy atom. The van der Waals surface area contributed by atoms with Crippen molar-refractivity contribution >= 4 is 27.5 Å². The van der Waals surface area contributed by atoms with E-state index in [4.69, 9.17) is 17.4 Å². The zero-order chi connectivity index (χ0) is 10.3. The van der Waals surface area contributed by atoms with Crippen LogP contribution in [0.1, 0.15) is 5.56 Å². The summed E-state index contributed by atoms with van der Waals surface area (Å²) in [6, 6.07) is 4.48. The molecule has 0 aromatic heterocycles. The fourth-order valence-corrected chi connectivity index (χ4v) is 2.67. The van der Waals surface area contributed by atoms with Gasteiger partial charge in [0.05, 0.1) is 0 Å². The van der Waals surface area contributed by atoms with Crippen LogP contribution >= 0.6 is 11.6 Å². The zero-order valence-corrected chi connectivity index (χ0v) is 8.43. The minimum atomic E-state index is -3.63. The number of nitrogens with zero attached hydrogens (tertiary/aromatic N) is 1. The maximum absolute atomic E-state index is 11.4. The quantitative estimate of drug-likeness (QED) is 0.495. The van der Waals surface area contributed by atoms with E-state index in [1.54, 1.807) is 12.1 Å². The number of sulfonamides is 1. The smallest absolute Gasteiger partial charge is 0.285 e. The predicted octanol–water partition coefficient (Wildman–Crippen LogP) is 0.252. The highest BCUT2D eigenvalue weighted by Gasteiger charge is 2.28. The van der Waals surface area contributed by atoms with Crippen molar-refractivity contribution in [3.63, 3.8) is 0 Å². The van der Waals surface area contributed by atoms with Crippen molar-refractivity contribution in [3.8, 4) is 0 Å². The van der Waals surface area contributed by atoms with E-state index in [0.29, 0.717) is 10.6 Å². The molecule has 0 unspecified atom stereocenters. The Morgan fingerprint density at radius 2 is 2.14 bits per heavy atom. The average Bonchev–Trinajstić information content (AvgIpc) is 2.38. The second kappa shape index (κ2) is 2.94. The standard InChI is InChI=1S/C7H6ClN3O2S/c8-4-1-2-5-6(3-4)14(12,13)11-7(5)10-9/h1-3H,9H2,(H,10,11). The Morgan fingerprint density at radius 1 is 1.43 bits per heavy atom. The van der Waals surface area contributed by atoms with Crippen LogP contribution in [0.5, 0.6) is 0 Å². The molecule has 0 atom stereocenters. The lowest BCUT2D eigenvalue weighted by atomic mass is 10.2. The molecule has 0 aliphatic carbocycles. The van der Waals surface area contributed by atoms with Gasteiger partial charge in [-0.3, -0.25) is 0 Å². The third kappa shape index (κ3) is 1.28. The van der Waals surface area contributed by atoms with Crippen molar-refractivity contribution in [2.75, 3.05) is 0 Å². The molecule has 74 valence electrons. The highest BCUT2D eigenvalue weighted by atomic mass is 35.5. The van der Waals surface area contributed by atoms with Crippen molar-refractivity contribution in [2.24, 2.45) is 10.2 Å². The van der Waals surface area contributed by atoms with E-state index in [1.807, 2.05) is 0 Å². The Balaban J connectivity index is 2.75. The number of fused-ring (bicyclic) bond motifs is 1. The largest absolute Gasteiger partial charge is 0.307 e. The maximum atomic E-state index is 11.4. The van der Waals surface area contributed by atoms with Gasteiger partial charge >= 0.3 is 0 Å². The molecular weight excluding hydrogens is 226 g/mol. The first-order chi connectivity index (χ1) is 6.54. The van der Waals surface area contributed by atoms with Crippen LogP contribution in [0.4, 0.5) is 0 Å². The summed E-state index contributed by atoms with van der Waals surface area (Å²) in [5.41, 5.74) is 2.66. The normalized spacial score (nSPS) is 17.4. The first-order valence-electron chi connectivity index (χ1n) is 3.66. The monoisotopic (exact) mass is 231 g/mol. The van der Waals surface area contributed by atoms with Gasteiger partial charge in [0.2, 0.25) is 0 Å². The second-order valence-corrected chi connectivity index (χ2v) is 4.71. The molecule has 0 radical (unpaired) electrons. The Labute approximate surface area is 85.6 Å². The van der Waals surface area contributed by atoms with Gasteiger partial charge in [-0.2, -0.15) is 8.42 Å². The van der Waals surface area contributed by atoms with E-state index < -0.39 is 10.0 Å². The summed E-state index contributed by atoms with van der Waals surface area (Å²) in [4.78, 5) is 0.0814. The fourth-order valence-electron chi connectivity index (χ4n) is 1.23.